The Hall–Kier alpha value is -0.710. The van der Waals surface area contributed by atoms with Gasteiger partial charge in [0.05, 0.1) is 0 Å². The number of nitrogens with zero attached hydrogens (tertiary/aromatic N) is 1. The van der Waals surface area contributed by atoms with Gasteiger partial charge in [-0.05, 0) is 49.3 Å². The van der Waals surface area contributed by atoms with Crippen LogP contribution in [0.1, 0.15) is 37.8 Å². The number of likely N-dealkylation sites (tertiary alicyclic amines) is 1. The van der Waals surface area contributed by atoms with Crippen molar-refractivity contribution in [1.82, 2.24) is 10.2 Å². The Labute approximate surface area is 135 Å². The molecule has 1 aromatic carbocycles. The van der Waals surface area contributed by atoms with Gasteiger partial charge >= 0.3 is 0 Å². The molecule has 3 nitrogen and oxygen atoms in total. The summed E-state index contributed by atoms with van der Waals surface area (Å²) < 4.78 is 0. The van der Waals surface area contributed by atoms with Crippen molar-refractivity contribution in [2.24, 2.45) is 0 Å². The molecule has 1 saturated heterocycles. The van der Waals surface area contributed by atoms with Gasteiger partial charge < -0.3 is 10.2 Å². The molecule has 0 aliphatic carbocycles. The second-order valence-corrected chi connectivity index (χ2v) is 7.46. The largest absolute Gasteiger partial charge is 0.341 e. The molecule has 0 saturated carbocycles. The average molecular weight is 325 g/mol. The van der Waals surface area contributed by atoms with Crippen LogP contribution in [-0.4, -0.2) is 35.7 Å². The summed E-state index contributed by atoms with van der Waals surface area (Å²) in [5.74, 6) is 1.42. The maximum Gasteiger partial charge on any atom is 0.222 e. The predicted molar refractivity (Wildman–Crippen MR) is 87.9 cm³/mol. The number of carbonyl (C=O) groups excluding carboxylic acids is 1. The zero-order valence-electron chi connectivity index (χ0n) is 12.3. The van der Waals surface area contributed by atoms with E-state index >= 15 is 0 Å². The van der Waals surface area contributed by atoms with Crippen LogP contribution >= 0.6 is 23.4 Å². The molecule has 2 aliphatic heterocycles. The van der Waals surface area contributed by atoms with Gasteiger partial charge in [0.2, 0.25) is 5.91 Å². The number of hydrogen-bond acceptors (Lipinski definition) is 3. The topological polar surface area (TPSA) is 32.3 Å². The molecule has 1 amide bonds. The van der Waals surface area contributed by atoms with E-state index in [1.807, 2.05) is 22.7 Å². The minimum absolute atomic E-state index is 0.297. The fourth-order valence-corrected chi connectivity index (χ4v) is 4.45. The molecule has 1 fully saturated rings. The molecule has 114 valence electrons. The van der Waals surface area contributed by atoms with Gasteiger partial charge in [-0.1, -0.05) is 11.6 Å². The summed E-state index contributed by atoms with van der Waals surface area (Å²) in [6, 6.07) is 6.79. The van der Waals surface area contributed by atoms with Gasteiger partial charge in [-0.3, -0.25) is 4.79 Å². The van der Waals surface area contributed by atoms with Crippen molar-refractivity contribution in [3.05, 3.63) is 28.8 Å². The molecule has 3 rings (SSSR count). The van der Waals surface area contributed by atoms with E-state index in [-0.39, 0.29) is 0 Å². The molecule has 0 aromatic heterocycles. The first-order chi connectivity index (χ1) is 10.1. The van der Waals surface area contributed by atoms with Crippen LogP contribution in [0.15, 0.2) is 23.1 Å². The standard InChI is InChI=1S/C16H21ClN2OS/c1-11(10-19-7-2-3-16(19)20)18-14-6-8-21-15-5-4-12(17)9-13(14)15/h4-5,9,11,14,18H,2-3,6-8,10H2,1H3. The van der Waals surface area contributed by atoms with Crippen LogP contribution in [-0.2, 0) is 4.79 Å². The highest BCUT2D eigenvalue weighted by Gasteiger charge is 2.25. The van der Waals surface area contributed by atoms with E-state index in [1.165, 1.54) is 10.5 Å². The Kier molecular flexibility index (Phi) is 4.77. The molecule has 0 spiro atoms. The number of nitrogens with one attached hydrogen (secondary N) is 1. The molecule has 2 heterocycles. The number of hydrogen-bond donors (Lipinski definition) is 1. The highest BCUT2D eigenvalue weighted by molar-refractivity contribution is 7.99. The van der Waals surface area contributed by atoms with Crippen molar-refractivity contribution < 1.29 is 4.79 Å². The second-order valence-electron chi connectivity index (χ2n) is 5.88. The number of benzene rings is 1. The predicted octanol–water partition coefficient (Wildman–Crippen LogP) is 3.48. The average Bonchev–Trinajstić information content (AvgIpc) is 2.85. The van der Waals surface area contributed by atoms with Gasteiger partial charge in [-0.2, -0.15) is 0 Å². The van der Waals surface area contributed by atoms with Crippen LogP contribution in [0.25, 0.3) is 0 Å². The van der Waals surface area contributed by atoms with Gasteiger partial charge in [0.1, 0.15) is 0 Å². The summed E-state index contributed by atoms with van der Waals surface area (Å²) in [4.78, 5) is 15.0. The highest BCUT2D eigenvalue weighted by Crippen LogP contribution is 2.37. The Morgan fingerprint density at radius 3 is 3.14 bits per heavy atom. The van der Waals surface area contributed by atoms with Crippen LogP contribution in [0.3, 0.4) is 0 Å². The van der Waals surface area contributed by atoms with Gasteiger partial charge in [-0.25, -0.2) is 0 Å². The van der Waals surface area contributed by atoms with Crippen LogP contribution in [0.4, 0.5) is 0 Å². The van der Waals surface area contributed by atoms with Crippen molar-refractivity contribution in [2.75, 3.05) is 18.8 Å². The normalized spacial score (nSPS) is 23.2. The first kappa shape index (κ1) is 15.2. The summed E-state index contributed by atoms with van der Waals surface area (Å²) >= 11 is 8.04. The number of amides is 1. The minimum atomic E-state index is 0.297. The number of carbonyl (C=O) groups is 1. The molecule has 2 unspecified atom stereocenters. The monoisotopic (exact) mass is 324 g/mol. The van der Waals surface area contributed by atoms with Crippen LogP contribution in [0, 0.1) is 0 Å². The van der Waals surface area contributed by atoms with Crippen LogP contribution in [0.2, 0.25) is 5.02 Å². The van der Waals surface area contributed by atoms with E-state index in [1.54, 1.807) is 0 Å². The van der Waals surface area contributed by atoms with E-state index in [9.17, 15) is 4.79 Å². The maximum atomic E-state index is 11.7. The number of halogens is 1. The van der Waals surface area contributed by atoms with Crippen molar-refractivity contribution in [3.63, 3.8) is 0 Å². The summed E-state index contributed by atoms with van der Waals surface area (Å²) in [6.07, 6.45) is 2.82. The van der Waals surface area contributed by atoms with Crippen LogP contribution in [0.5, 0.6) is 0 Å². The van der Waals surface area contributed by atoms with E-state index in [2.05, 4.69) is 24.4 Å². The maximum absolute atomic E-state index is 11.7. The smallest absolute Gasteiger partial charge is 0.222 e. The third kappa shape index (κ3) is 3.55. The molecular formula is C16H21ClN2OS. The summed E-state index contributed by atoms with van der Waals surface area (Å²) in [5, 5.41) is 4.48. The van der Waals surface area contributed by atoms with Crippen molar-refractivity contribution >= 4 is 29.3 Å². The Morgan fingerprint density at radius 1 is 1.52 bits per heavy atom. The Balaban J connectivity index is 1.65. The molecule has 2 aliphatic rings. The lowest BCUT2D eigenvalue weighted by molar-refractivity contribution is -0.127. The lowest BCUT2D eigenvalue weighted by atomic mass is 10.0. The second kappa shape index (κ2) is 6.59. The molecule has 0 bridgehead atoms. The molecular weight excluding hydrogens is 304 g/mol. The minimum Gasteiger partial charge on any atom is -0.341 e. The molecule has 1 N–H and O–H groups in total. The first-order valence-electron chi connectivity index (χ1n) is 7.59. The van der Waals surface area contributed by atoms with Gasteiger partial charge in [0, 0.05) is 41.5 Å². The van der Waals surface area contributed by atoms with Crippen LogP contribution < -0.4 is 5.32 Å². The SMILES string of the molecule is CC(CN1CCCC1=O)NC1CCSc2ccc(Cl)cc21. The van der Waals surface area contributed by atoms with E-state index in [0.717, 1.165) is 36.7 Å². The Bertz CT molecular complexity index is 537. The lowest BCUT2D eigenvalue weighted by Gasteiger charge is -2.30. The molecule has 0 radical (unpaired) electrons. The third-order valence-corrected chi connectivity index (χ3v) is 5.52. The Morgan fingerprint density at radius 2 is 2.38 bits per heavy atom. The molecule has 21 heavy (non-hydrogen) atoms. The van der Waals surface area contributed by atoms with Crippen molar-refractivity contribution in [2.45, 2.75) is 43.2 Å². The van der Waals surface area contributed by atoms with Gasteiger partial charge in [-0.15, -0.1) is 11.8 Å². The molecule has 5 heteroatoms. The van der Waals surface area contributed by atoms with E-state index in [4.69, 9.17) is 11.6 Å². The van der Waals surface area contributed by atoms with Gasteiger partial charge in [0.25, 0.3) is 0 Å². The lowest BCUT2D eigenvalue weighted by Crippen LogP contribution is -2.42. The highest BCUT2D eigenvalue weighted by atomic mass is 35.5. The molecule has 2 atom stereocenters. The van der Waals surface area contributed by atoms with Crippen molar-refractivity contribution in [3.8, 4) is 0 Å². The van der Waals surface area contributed by atoms with Gasteiger partial charge in [0.15, 0.2) is 0 Å². The quantitative estimate of drug-likeness (QED) is 0.920. The summed E-state index contributed by atoms with van der Waals surface area (Å²) in [5.41, 5.74) is 1.30. The van der Waals surface area contributed by atoms with E-state index in [0.29, 0.717) is 24.4 Å². The van der Waals surface area contributed by atoms with E-state index < -0.39 is 0 Å². The first-order valence-corrected chi connectivity index (χ1v) is 8.96. The zero-order valence-corrected chi connectivity index (χ0v) is 13.8. The third-order valence-electron chi connectivity index (χ3n) is 4.16. The number of thioether (sulfide) groups is 1. The van der Waals surface area contributed by atoms with Crippen molar-refractivity contribution in [1.29, 1.82) is 0 Å². The fraction of sp³-hybridized carbons (Fsp3) is 0.562. The number of fused-ring (bicyclic) bond motifs is 1. The number of rotatable bonds is 4. The fourth-order valence-electron chi connectivity index (χ4n) is 3.16. The molecule has 1 aromatic rings. The summed E-state index contributed by atoms with van der Waals surface area (Å²) in [6.45, 7) is 3.88. The zero-order chi connectivity index (χ0) is 14.8. The summed E-state index contributed by atoms with van der Waals surface area (Å²) in [7, 11) is 0.